The third kappa shape index (κ3) is 4.37. The fourth-order valence-electron chi connectivity index (χ4n) is 10.6. The Morgan fingerprint density at radius 2 is 0.810 bits per heavy atom. The van der Waals surface area contributed by atoms with E-state index in [0.29, 0.717) is 0 Å². The second kappa shape index (κ2) is 12.5. The van der Waals surface area contributed by atoms with Crippen LogP contribution in [0.3, 0.4) is 0 Å². The van der Waals surface area contributed by atoms with Crippen molar-refractivity contribution in [2.24, 2.45) is 0 Å². The Hall–Kier alpha value is -7.42. The van der Waals surface area contributed by atoms with Gasteiger partial charge in [-0.2, -0.15) is 0 Å². The van der Waals surface area contributed by atoms with Gasteiger partial charge in [-0.15, -0.1) is 0 Å². The molecule has 0 N–H and O–H groups in total. The summed E-state index contributed by atoms with van der Waals surface area (Å²) >= 11 is 0. The third-order valence-electron chi connectivity index (χ3n) is 12.8. The van der Waals surface area contributed by atoms with E-state index in [1.165, 1.54) is 55.6 Å². The van der Waals surface area contributed by atoms with E-state index in [0.717, 1.165) is 39.0 Å². The van der Waals surface area contributed by atoms with Gasteiger partial charge in [-0.25, -0.2) is 0 Å². The second-order valence-corrected chi connectivity index (χ2v) is 15.5. The maximum Gasteiger partial charge on any atom is 0.135 e. The Balaban J connectivity index is 1.12. The smallest absolute Gasteiger partial charge is 0.135 e. The number of furan rings is 1. The normalized spacial score (nSPS) is 17.4. The summed E-state index contributed by atoms with van der Waals surface area (Å²) in [6, 6.07) is 82.5. The Labute approximate surface area is 337 Å². The summed E-state index contributed by atoms with van der Waals surface area (Å²) in [5.74, 6) is 0. The molecular formula is C56H37NO. The number of hydrogen-bond donors (Lipinski definition) is 0. The molecule has 10 aromatic rings. The van der Waals surface area contributed by atoms with Gasteiger partial charge in [0.25, 0.3) is 0 Å². The number of anilines is 3. The standard InChI is InChI=1S/C56H37NO/c1-4-17-38(18-5-1)55(40-31-33-42(34-32-40)57(41-21-8-3-9-22-41)43-35-36-53-47(37-43)45-24-11-15-30-52(45)58-53)49-27-13-14-28-50(49)56(39-19-6-2-7-20-39)48-26-12-10-23-44(48)46-25-16-29-51(55)54(46)56/h1-37H. The van der Waals surface area contributed by atoms with Crippen LogP contribution < -0.4 is 4.90 Å². The van der Waals surface area contributed by atoms with E-state index in [-0.39, 0.29) is 0 Å². The summed E-state index contributed by atoms with van der Waals surface area (Å²) < 4.78 is 6.25. The van der Waals surface area contributed by atoms with Crippen molar-refractivity contribution in [1.82, 2.24) is 0 Å². The number of nitrogens with zero attached hydrogens (tertiary/aromatic N) is 1. The van der Waals surface area contributed by atoms with Gasteiger partial charge in [-0.3, -0.25) is 0 Å². The quantitative estimate of drug-likeness (QED) is 0.169. The van der Waals surface area contributed by atoms with Crippen molar-refractivity contribution in [2.45, 2.75) is 10.8 Å². The molecule has 0 fully saturated rings. The van der Waals surface area contributed by atoms with E-state index >= 15 is 0 Å². The first-order valence-electron chi connectivity index (χ1n) is 20.1. The van der Waals surface area contributed by atoms with Crippen LogP contribution in [0.5, 0.6) is 0 Å². The topological polar surface area (TPSA) is 16.4 Å². The lowest BCUT2D eigenvalue weighted by Crippen LogP contribution is -2.44. The molecule has 2 nitrogen and oxygen atoms in total. The summed E-state index contributed by atoms with van der Waals surface area (Å²) in [5.41, 5.74) is 17.0. The van der Waals surface area contributed by atoms with Crippen molar-refractivity contribution < 1.29 is 4.42 Å². The molecule has 2 aliphatic rings. The van der Waals surface area contributed by atoms with E-state index in [4.69, 9.17) is 4.42 Å². The Morgan fingerprint density at radius 1 is 0.310 bits per heavy atom. The number of benzene rings is 9. The average Bonchev–Trinajstić information content (AvgIpc) is 3.83. The molecule has 1 heterocycles. The first kappa shape index (κ1) is 32.8. The van der Waals surface area contributed by atoms with Gasteiger partial charge >= 0.3 is 0 Å². The van der Waals surface area contributed by atoms with E-state index in [1.54, 1.807) is 0 Å². The molecule has 0 spiro atoms. The molecule has 2 aliphatic carbocycles. The van der Waals surface area contributed by atoms with E-state index in [9.17, 15) is 0 Å². The van der Waals surface area contributed by atoms with Crippen LogP contribution in [0.15, 0.2) is 229 Å². The minimum absolute atomic E-state index is 0.474. The maximum atomic E-state index is 6.25. The molecule has 2 heteroatoms. The summed E-state index contributed by atoms with van der Waals surface area (Å²) in [6.45, 7) is 0. The predicted octanol–water partition coefficient (Wildman–Crippen LogP) is 14.1. The number of fused-ring (bicyclic) bond motifs is 8. The minimum Gasteiger partial charge on any atom is -0.456 e. The van der Waals surface area contributed by atoms with E-state index < -0.39 is 10.8 Å². The van der Waals surface area contributed by atoms with Crippen LogP contribution in [-0.2, 0) is 10.8 Å². The molecule has 0 saturated carbocycles. The van der Waals surface area contributed by atoms with Gasteiger partial charge in [0.15, 0.2) is 0 Å². The molecule has 12 rings (SSSR count). The zero-order chi connectivity index (χ0) is 38.3. The van der Waals surface area contributed by atoms with Crippen molar-refractivity contribution in [3.05, 3.63) is 269 Å². The molecular weight excluding hydrogens is 703 g/mol. The molecule has 0 bridgehead atoms. The van der Waals surface area contributed by atoms with Crippen LogP contribution >= 0.6 is 0 Å². The lowest BCUT2D eigenvalue weighted by molar-refractivity contribution is 0.626. The second-order valence-electron chi connectivity index (χ2n) is 15.5. The number of hydrogen-bond acceptors (Lipinski definition) is 2. The first-order valence-corrected chi connectivity index (χ1v) is 20.1. The van der Waals surface area contributed by atoms with E-state index in [2.05, 4.69) is 217 Å². The number of rotatable bonds is 6. The highest BCUT2D eigenvalue weighted by atomic mass is 16.3. The summed E-state index contributed by atoms with van der Waals surface area (Å²) in [4.78, 5) is 2.35. The lowest BCUT2D eigenvalue weighted by atomic mass is 9.52. The highest BCUT2D eigenvalue weighted by Gasteiger charge is 2.57. The lowest BCUT2D eigenvalue weighted by Gasteiger charge is -2.49. The van der Waals surface area contributed by atoms with Crippen LogP contribution in [0.2, 0.25) is 0 Å². The average molecular weight is 740 g/mol. The molecule has 0 radical (unpaired) electrons. The fraction of sp³-hybridized carbons (Fsp3) is 0.0357. The first-order chi connectivity index (χ1) is 28.8. The number of para-hydroxylation sites is 2. The van der Waals surface area contributed by atoms with Gasteiger partial charge in [0, 0.05) is 27.8 Å². The van der Waals surface area contributed by atoms with Crippen LogP contribution in [0.4, 0.5) is 17.1 Å². The molecule has 0 aliphatic heterocycles. The van der Waals surface area contributed by atoms with Gasteiger partial charge in [0.05, 0.1) is 10.8 Å². The largest absolute Gasteiger partial charge is 0.456 e. The zero-order valence-electron chi connectivity index (χ0n) is 31.7. The SMILES string of the molecule is c1ccc(N(c2ccc(C3(c4ccccc4)c4ccccc4C4(c5ccccc5)c5ccccc5-c5cccc3c54)cc2)c2ccc3oc4ccccc4c3c2)cc1. The maximum absolute atomic E-state index is 6.25. The fourth-order valence-corrected chi connectivity index (χ4v) is 10.6. The molecule has 2 unspecified atom stereocenters. The van der Waals surface area contributed by atoms with Crippen molar-refractivity contribution in [1.29, 1.82) is 0 Å². The molecule has 58 heavy (non-hydrogen) atoms. The monoisotopic (exact) mass is 739 g/mol. The van der Waals surface area contributed by atoms with Gasteiger partial charge in [0.1, 0.15) is 11.2 Å². The van der Waals surface area contributed by atoms with Crippen molar-refractivity contribution in [2.75, 3.05) is 4.90 Å². The Kier molecular flexibility index (Phi) is 7.09. The van der Waals surface area contributed by atoms with Crippen molar-refractivity contribution in [3.63, 3.8) is 0 Å². The summed E-state index contributed by atoms with van der Waals surface area (Å²) in [6.07, 6.45) is 0. The van der Waals surface area contributed by atoms with Crippen molar-refractivity contribution in [3.8, 4) is 11.1 Å². The van der Waals surface area contributed by atoms with Crippen LogP contribution in [-0.4, -0.2) is 0 Å². The highest BCUT2D eigenvalue weighted by molar-refractivity contribution is 6.06. The zero-order valence-corrected chi connectivity index (χ0v) is 31.7. The molecule has 9 aromatic carbocycles. The minimum atomic E-state index is -0.603. The summed E-state index contributed by atoms with van der Waals surface area (Å²) in [7, 11) is 0. The molecule has 272 valence electrons. The molecule has 0 saturated heterocycles. The Morgan fingerprint density at radius 3 is 1.55 bits per heavy atom. The Bertz CT molecular complexity index is 3170. The van der Waals surface area contributed by atoms with Crippen LogP contribution in [0.25, 0.3) is 33.1 Å². The van der Waals surface area contributed by atoms with Crippen LogP contribution in [0.1, 0.15) is 44.5 Å². The summed E-state index contributed by atoms with van der Waals surface area (Å²) in [5, 5.41) is 2.22. The predicted molar refractivity (Wildman–Crippen MR) is 238 cm³/mol. The molecule has 1 aromatic heterocycles. The van der Waals surface area contributed by atoms with Gasteiger partial charge in [0.2, 0.25) is 0 Å². The van der Waals surface area contributed by atoms with E-state index in [1.807, 2.05) is 12.1 Å². The van der Waals surface area contributed by atoms with Gasteiger partial charge < -0.3 is 9.32 Å². The van der Waals surface area contributed by atoms with Gasteiger partial charge in [-0.1, -0.05) is 176 Å². The van der Waals surface area contributed by atoms with Crippen LogP contribution in [0, 0.1) is 0 Å². The molecule has 0 amide bonds. The highest BCUT2D eigenvalue weighted by Crippen LogP contribution is 2.65. The third-order valence-corrected chi connectivity index (χ3v) is 12.8. The van der Waals surface area contributed by atoms with Crippen molar-refractivity contribution >= 4 is 39.0 Å². The molecule has 2 atom stereocenters. The van der Waals surface area contributed by atoms with Gasteiger partial charge in [-0.05, 0) is 104 Å².